The second kappa shape index (κ2) is 11.9. The minimum atomic E-state index is -1.39. The summed E-state index contributed by atoms with van der Waals surface area (Å²) < 4.78 is 0. The molecule has 0 aliphatic heterocycles. The zero-order valence-corrected chi connectivity index (χ0v) is 17.3. The topological polar surface area (TPSA) is 171 Å². The Morgan fingerprint density at radius 1 is 0.900 bits per heavy atom. The first kappa shape index (κ1) is 25.1. The molecule has 1 rings (SSSR count). The SMILES string of the molecule is CC(N)C(=O)NC(Cc1ccccc1)C(=O)NC(CO)C(=O)NC(C(=O)O)C(C)C. The van der Waals surface area contributed by atoms with Crippen LogP contribution in [0.4, 0.5) is 0 Å². The molecule has 10 heteroatoms. The standard InChI is InChI=1S/C20H30N4O6/c1-11(2)16(20(29)30)24-19(28)15(10-25)23-18(27)14(22-17(26)12(3)21)9-13-7-5-4-6-8-13/h4-8,11-12,14-16,25H,9-10,21H2,1-3H3,(H,22,26)(H,23,27)(H,24,28)(H,29,30). The smallest absolute Gasteiger partial charge is 0.326 e. The highest BCUT2D eigenvalue weighted by Gasteiger charge is 2.30. The van der Waals surface area contributed by atoms with Gasteiger partial charge in [0.25, 0.3) is 0 Å². The van der Waals surface area contributed by atoms with Gasteiger partial charge in [-0.3, -0.25) is 14.4 Å². The lowest BCUT2D eigenvalue weighted by Gasteiger charge is -2.25. The normalized spacial score (nSPS) is 14.9. The number of carbonyl (C=O) groups is 4. The number of nitrogens with two attached hydrogens (primary N) is 1. The zero-order chi connectivity index (χ0) is 22.8. The van der Waals surface area contributed by atoms with E-state index in [1.807, 2.05) is 0 Å². The van der Waals surface area contributed by atoms with Crippen molar-refractivity contribution >= 4 is 23.7 Å². The summed E-state index contributed by atoms with van der Waals surface area (Å²) >= 11 is 0. The molecule has 0 aromatic heterocycles. The summed E-state index contributed by atoms with van der Waals surface area (Å²) in [5.74, 6) is -3.74. The number of hydrogen-bond acceptors (Lipinski definition) is 6. The second-order valence-corrected chi connectivity index (χ2v) is 7.35. The minimum absolute atomic E-state index is 0.134. The first-order valence-corrected chi connectivity index (χ1v) is 9.61. The van der Waals surface area contributed by atoms with Crippen molar-refractivity contribution in [3.63, 3.8) is 0 Å². The highest BCUT2D eigenvalue weighted by Crippen LogP contribution is 2.05. The van der Waals surface area contributed by atoms with Crippen LogP contribution in [0.2, 0.25) is 0 Å². The maximum Gasteiger partial charge on any atom is 0.326 e. The molecule has 0 aliphatic carbocycles. The van der Waals surface area contributed by atoms with E-state index in [4.69, 9.17) is 5.73 Å². The van der Waals surface area contributed by atoms with Crippen molar-refractivity contribution in [1.82, 2.24) is 16.0 Å². The number of aliphatic hydroxyl groups is 1. The van der Waals surface area contributed by atoms with Crippen LogP contribution in [0, 0.1) is 5.92 Å². The number of hydrogen-bond donors (Lipinski definition) is 6. The quantitative estimate of drug-likeness (QED) is 0.259. The summed E-state index contributed by atoms with van der Waals surface area (Å²) in [6, 6.07) is 4.44. The molecule has 10 nitrogen and oxygen atoms in total. The van der Waals surface area contributed by atoms with Crippen molar-refractivity contribution in [2.45, 2.75) is 51.4 Å². The molecule has 0 heterocycles. The van der Waals surface area contributed by atoms with Crippen molar-refractivity contribution in [2.75, 3.05) is 6.61 Å². The van der Waals surface area contributed by atoms with E-state index in [0.29, 0.717) is 0 Å². The van der Waals surface area contributed by atoms with Gasteiger partial charge in [0, 0.05) is 6.42 Å². The summed E-state index contributed by atoms with van der Waals surface area (Å²) in [7, 11) is 0. The molecular weight excluding hydrogens is 392 g/mol. The summed E-state index contributed by atoms with van der Waals surface area (Å²) in [6.45, 7) is 3.95. The molecule has 4 unspecified atom stereocenters. The fourth-order valence-electron chi connectivity index (χ4n) is 2.60. The van der Waals surface area contributed by atoms with Crippen LogP contribution in [0.15, 0.2) is 30.3 Å². The van der Waals surface area contributed by atoms with Crippen LogP contribution < -0.4 is 21.7 Å². The maximum absolute atomic E-state index is 12.8. The van der Waals surface area contributed by atoms with E-state index in [0.717, 1.165) is 5.56 Å². The highest BCUT2D eigenvalue weighted by atomic mass is 16.4. The molecule has 3 amide bonds. The van der Waals surface area contributed by atoms with Crippen LogP contribution in [-0.4, -0.2) is 64.7 Å². The van der Waals surface area contributed by atoms with E-state index < -0.39 is 60.4 Å². The van der Waals surface area contributed by atoms with E-state index in [1.54, 1.807) is 44.2 Å². The van der Waals surface area contributed by atoms with Crippen LogP contribution in [0.25, 0.3) is 0 Å². The van der Waals surface area contributed by atoms with Gasteiger partial charge in [-0.25, -0.2) is 4.79 Å². The average molecular weight is 422 g/mol. The first-order valence-electron chi connectivity index (χ1n) is 9.61. The Bertz CT molecular complexity index is 738. The van der Waals surface area contributed by atoms with Crippen LogP contribution in [0.5, 0.6) is 0 Å². The lowest BCUT2D eigenvalue weighted by molar-refractivity contribution is -0.143. The summed E-state index contributed by atoms with van der Waals surface area (Å²) in [4.78, 5) is 48.4. The Labute approximate surface area is 175 Å². The Morgan fingerprint density at radius 2 is 1.43 bits per heavy atom. The van der Waals surface area contributed by atoms with Gasteiger partial charge >= 0.3 is 5.97 Å². The maximum atomic E-state index is 12.8. The fourth-order valence-corrected chi connectivity index (χ4v) is 2.60. The summed E-state index contributed by atoms with van der Waals surface area (Å²) in [5.41, 5.74) is 6.32. The molecular formula is C20H30N4O6. The van der Waals surface area contributed by atoms with Crippen LogP contribution in [0.1, 0.15) is 26.3 Å². The van der Waals surface area contributed by atoms with Crippen molar-refractivity contribution < 1.29 is 29.4 Å². The van der Waals surface area contributed by atoms with Gasteiger partial charge in [0.2, 0.25) is 17.7 Å². The van der Waals surface area contributed by atoms with Gasteiger partial charge in [0.1, 0.15) is 18.1 Å². The number of benzene rings is 1. The number of carboxylic acid groups (broad SMARTS) is 1. The fraction of sp³-hybridized carbons (Fsp3) is 0.500. The van der Waals surface area contributed by atoms with Gasteiger partial charge in [-0.15, -0.1) is 0 Å². The Balaban J connectivity index is 2.93. The number of aliphatic carboxylic acids is 1. The molecule has 0 radical (unpaired) electrons. The average Bonchev–Trinajstić information content (AvgIpc) is 2.69. The van der Waals surface area contributed by atoms with E-state index >= 15 is 0 Å². The lowest BCUT2D eigenvalue weighted by Crippen LogP contribution is -2.58. The number of nitrogens with one attached hydrogen (secondary N) is 3. The monoisotopic (exact) mass is 422 g/mol. The van der Waals surface area contributed by atoms with Crippen molar-refractivity contribution in [3.05, 3.63) is 35.9 Å². The summed E-state index contributed by atoms with van der Waals surface area (Å²) in [5, 5.41) is 25.9. The van der Waals surface area contributed by atoms with E-state index in [-0.39, 0.29) is 6.42 Å². The van der Waals surface area contributed by atoms with Gasteiger partial charge in [-0.05, 0) is 18.4 Å². The number of rotatable bonds is 11. The largest absolute Gasteiger partial charge is 0.480 e. The highest BCUT2D eigenvalue weighted by molar-refractivity contribution is 5.94. The molecule has 1 aromatic rings. The molecule has 0 saturated carbocycles. The molecule has 4 atom stereocenters. The Hall–Kier alpha value is -2.98. The molecule has 0 fully saturated rings. The predicted molar refractivity (Wildman–Crippen MR) is 109 cm³/mol. The van der Waals surface area contributed by atoms with Crippen LogP contribution in [0.3, 0.4) is 0 Å². The van der Waals surface area contributed by atoms with E-state index in [1.165, 1.54) is 6.92 Å². The summed E-state index contributed by atoms with van der Waals surface area (Å²) in [6.07, 6.45) is 0.134. The van der Waals surface area contributed by atoms with Crippen molar-refractivity contribution in [3.8, 4) is 0 Å². The Morgan fingerprint density at radius 3 is 1.90 bits per heavy atom. The zero-order valence-electron chi connectivity index (χ0n) is 17.3. The molecule has 0 bridgehead atoms. The molecule has 0 saturated heterocycles. The van der Waals surface area contributed by atoms with E-state index in [9.17, 15) is 29.4 Å². The molecule has 30 heavy (non-hydrogen) atoms. The molecule has 0 aliphatic rings. The third-order valence-corrected chi connectivity index (χ3v) is 4.38. The second-order valence-electron chi connectivity index (χ2n) is 7.35. The first-order chi connectivity index (χ1) is 14.1. The molecule has 1 aromatic carbocycles. The van der Waals surface area contributed by atoms with Gasteiger partial charge in [0.15, 0.2) is 0 Å². The minimum Gasteiger partial charge on any atom is -0.480 e. The Kier molecular flexibility index (Phi) is 9.93. The number of carboxylic acids is 1. The van der Waals surface area contributed by atoms with Crippen molar-refractivity contribution in [1.29, 1.82) is 0 Å². The number of aliphatic hydroxyl groups excluding tert-OH is 1. The lowest BCUT2D eigenvalue weighted by atomic mass is 10.0. The molecule has 0 spiro atoms. The van der Waals surface area contributed by atoms with Gasteiger partial charge < -0.3 is 31.9 Å². The molecule has 166 valence electrons. The van der Waals surface area contributed by atoms with Gasteiger partial charge in [-0.1, -0.05) is 44.2 Å². The number of carbonyl (C=O) groups excluding carboxylic acids is 3. The van der Waals surface area contributed by atoms with E-state index in [2.05, 4.69) is 16.0 Å². The number of amides is 3. The third-order valence-electron chi connectivity index (χ3n) is 4.38. The van der Waals surface area contributed by atoms with Gasteiger partial charge in [0.05, 0.1) is 12.6 Å². The third kappa shape index (κ3) is 7.80. The van der Waals surface area contributed by atoms with Crippen molar-refractivity contribution in [2.24, 2.45) is 11.7 Å². The van der Waals surface area contributed by atoms with Crippen LogP contribution >= 0.6 is 0 Å². The molecule has 7 N–H and O–H groups in total. The van der Waals surface area contributed by atoms with Crippen LogP contribution in [-0.2, 0) is 25.6 Å². The van der Waals surface area contributed by atoms with Gasteiger partial charge in [-0.2, -0.15) is 0 Å². The predicted octanol–water partition coefficient (Wildman–Crippen LogP) is -1.24.